The summed E-state index contributed by atoms with van der Waals surface area (Å²) in [4.78, 5) is 11.4. The van der Waals surface area contributed by atoms with E-state index in [-0.39, 0.29) is 5.91 Å². The SMILES string of the molecule is COCCCSCC(C)(NC1CC1)C(N)=O. The molecule has 1 atom stereocenters. The number of ether oxygens (including phenoxy) is 1. The van der Waals surface area contributed by atoms with E-state index >= 15 is 0 Å². The van der Waals surface area contributed by atoms with Crippen LogP contribution in [0.15, 0.2) is 0 Å². The average Bonchev–Trinajstić information content (AvgIpc) is 3.01. The Hall–Kier alpha value is -0.260. The molecule has 4 nitrogen and oxygen atoms in total. The van der Waals surface area contributed by atoms with E-state index in [0.717, 1.165) is 37.4 Å². The lowest BCUT2D eigenvalue weighted by molar-refractivity contribution is -0.123. The number of thioether (sulfide) groups is 1. The topological polar surface area (TPSA) is 64.3 Å². The molecule has 0 aliphatic heterocycles. The molecule has 0 bridgehead atoms. The maximum atomic E-state index is 11.4. The van der Waals surface area contributed by atoms with Crippen molar-refractivity contribution in [2.75, 3.05) is 25.2 Å². The standard InChI is InChI=1S/C11H22N2O2S/c1-11(10(12)14,13-9-4-5-9)8-16-7-3-6-15-2/h9,13H,3-8H2,1-2H3,(H2,12,14). The van der Waals surface area contributed by atoms with E-state index in [0.29, 0.717) is 6.04 Å². The van der Waals surface area contributed by atoms with E-state index in [2.05, 4.69) is 5.32 Å². The van der Waals surface area contributed by atoms with Crippen molar-refractivity contribution >= 4 is 17.7 Å². The van der Waals surface area contributed by atoms with Crippen LogP contribution in [0.5, 0.6) is 0 Å². The Morgan fingerprint density at radius 1 is 1.62 bits per heavy atom. The van der Waals surface area contributed by atoms with Crippen LogP contribution < -0.4 is 11.1 Å². The summed E-state index contributed by atoms with van der Waals surface area (Å²) in [5, 5.41) is 3.33. The van der Waals surface area contributed by atoms with Gasteiger partial charge in [0.2, 0.25) is 5.91 Å². The first-order valence-corrected chi connectivity index (χ1v) is 6.88. The molecule has 1 unspecified atom stereocenters. The minimum atomic E-state index is -0.557. The largest absolute Gasteiger partial charge is 0.385 e. The van der Waals surface area contributed by atoms with E-state index < -0.39 is 5.54 Å². The zero-order valence-corrected chi connectivity index (χ0v) is 10.9. The second-order valence-corrected chi connectivity index (χ2v) is 5.62. The van der Waals surface area contributed by atoms with Crippen LogP contribution in [0.3, 0.4) is 0 Å². The van der Waals surface area contributed by atoms with Gasteiger partial charge in [-0.05, 0) is 31.9 Å². The van der Waals surface area contributed by atoms with E-state index in [9.17, 15) is 4.79 Å². The van der Waals surface area contributed by atoms with Gasteiger partial charge in [0.15, 0.2) is 0 Å². The zero-order valence-electron chi connectivity index (χ0n) is 10.1. The van der Waals surface area contributed by atoms with Gasteiger partial charge in [-0.3, -0.25) is 4.79 Å². The van der Waals surface area contributed by atoms with Crippen molar-refractivity contribution in [3.05, 3.63) is 0 Å². The number of hydrogen-bond acceptors (Lipinski definition) is 4. The monoisotopic (exact) mass is 246 g/mol. The summed E-state index contributed by atoms with van der Waals surface area (Å²) in [6.45, 7) is 2.67. The number of hydrogen-bond donors (Lipinski definition) is 2. The molecule has 0 saturated heterocycles. The van der Waals surface area contributed by atoms with E-state index in [4.69, 9.17) is 10.5 Å². The summed E-state index contributed by atoms with van der Waals surface area (Å²) in [7, 11) is 1.70. The number of primary amides is 1. The van der Waals surface area contributed by atoms with E-state index in [1.165, 1.54) is 0 Å². The van der Waals surface area contributed by atoms with E-state index in [1.807, 2.05) is 6.92 Å². The molecular formula is C11H22N2O2S. The molecule has 1 aliphatic carbocycles. The minimum Gasteiger partial charge on any atom is -0.385 e. The van der Waals surface area contributed by atoms with Crippen LogP contribution in [-0.4, -0.2) is 42.7 Å². The number of rotatable bonds is 9. The Labute approximate surface area is 102 Å². The van der Waals surface area contributed by atoms with Crippen molar-refractivity contribution in [1.82, 2.24) is 5.32 Å². The highest BCUT2D eigenvalue weighted by molar-refractivity contribution is 7.99. The average molecular weight is 246 g/mol. The summed E-state index contributed by atoms with van der Waals surface area (Å²) >= 11 is 1.75. The fourth-order valence-corrected chi connectivity index (χ4v) is 2.54. The van der Waals surface area contributed by atoms with Crippen molar-refractivity contribution in [3.8, 4) is 0 Å². The van der Waals surface area contributed by atoms with Gasteiger partial charge >= 0.3 is 0 Å². The van der Waals surface area contributed by atoms with Gasteiger partial charge < -0.3 is 15.8 Å². The van der Waals surface area contributed by atoms with Crippen molar-refractivity contribution in [1.29, 1.82) is 0 Å². The molecule has 0 heterocycles. The van der Waals surface area contributed by atoms with Crippen molar-refractivity contribution in [2.24, 2.45) is 5.73 Å². The van der Waals surface area contributed by atoms with Crippen LogP contribution in [0.2, 0.25) is 0 Å². The molecule has 1 aliphatic rings. The number of amides is 1. The normalized spacial score (nSPS) is 19.4. The minimum absolute atomic E-state index is 0.251. The quantitative estimate of drug-likeness (QED) is 0.589. The summed E-state index contributed by atoms with van der Waals surface area (Å²) in [6, 6.07) is 0.497. The third kappa shape index (κ3) is 4.72. The molecule has 0 aromatic heterocycles. The molecule has 3 N–H and O–H groups in total. The van der Waals surface area contributed by atoms with Gasteiger partial charge in [0.1, 0.15) is 5.54 Å². The molecule has 1 fully saturated rings. The molecule has 0 aromatic rings. The molecule has 5 heteroatoms. The van der Waals surface area contributed by atoms with Crippen LogP contribution in [0.25, 0.3) is 0 Å². The molecule has 0 radical (unpaired) electrons. The summed E-state index contributed by atoms with van der Waals surface area (Å²) in [6.07, 6.45) is 3.34. The Kier molecular flexibility index (Phi) is 5.58. The zero-order chi connectivity index (χ0) is 12.0. The predicted octanol–water partition coefficient (Wildman–Crippen LogP) is 0.752. The molecule has 1 saturated carbocycles. The number of nitrogens with two attached hydrogens (primary N) is 1. The van der Waals surface area contributed by atoms with Gasteiger partial charge in [-0.25, -0.2) is 0 Å². The fraction of sp³-hybridized carbons (Fsp3) is 0.909. The highest BCUT2D eigenvalue weighted by atomic mass is 32.2. The maximum absolute atomic E-state index is 11.4. The van der Waals surface area contributed by atoms with Crippen LogP contribution in [0.4, 0.5) is 0 Å². The number of nitrogens with one attached hydrogen (secondary N) is 1. The van der Waals surface area contributed by atoms with Crippen molar-refractivity contribution in [2.45, 2.75) is 37.8 Å². The molecular weight excluding hydrogens is 224 g/mol. The first kappa shape index (κ1) is 13.8. The lowest BCUT2D eigenvalue weighted by Gasteiger charge is -2.27. The lowest BCUT2D eigenvalue weighted by atomic mass is 10.1. The first-order chi connectivity index (χ1) is 7.58. The Morgan fingerprint density at radius 2 is 2.31 bits per heavy atom. The van der Waals surface area contributed by atoms with Gasteiger partial charge in [0, 0.05) is 25.5 Å². The number of methoxy groups -OCH3 is 1. The molecule has 1 rings (SSSR count). The molecule has 16 heavy (non-hydrogen) atoms. The maximum Gasteiger partial charge on any atom is 0.238 e. The van der Waals surface area contributed by atoms with E-state index in [1.54, 1.807) is 18.9 Å². The summed E-state index contributed by atoms with van der Waals surface area (Å²) in [5.74, 6) is 1.49. The summed E-state index contributed by atoms with van der Waals surface area (Å²) in [5.41, 5.74) is 4.89. The van der Waals surface area contributed by atoms with Gasteiger partial charge in [-0.2, -0.15) is 11.8 Å². The predicted molar refractivity (Wildman–Crippen MR) is 67.6 cm³/mol. The van der Waals surface area contributed by atoms with Crippen molar-refractivity contribution in [3.63, 3.8) is 0 Å². The smallest absolute Gasteiger partial charge is 0.238 e. The molecule has 0 aromatic carbocycles. The van der Waals surface area contributed by atoms with Crippen LogP contribution in [-0.2, 0) is 9.53 Å². The molecule has 1 amide bonds. The lowest BCUT2D eigenvalue weighted by Crippen LogP contribution is -2.56. The second-order valence-electron chi connectivity index (χ2n) is 4.51. The van der Waals surface area contributed by atoms with Gasteiger partial charge in [-0.1, -0.05) is 0 Å². The van der Waals surface area contributed by atoms with Crippen LogP contribution >= 0.6 is 11.8 Å². The number of carbonyl (C=O) groups excluding carboxylic acids is 1. The van der Waals surface area contributed by atoms with Crippen LogP contribution in [0.1, 0.15) is 26.2 Å². The Bertz CT molecular complexity index is 234. The van der Waals surface area contributed by atoms with Gasteiger partial charge in [0.05, 0.1) is 0 Å². The highest BCUT2D eigenvalue weighted by Gasteiger charge is 2.36. The van der Waals surface area contributed by atoms with Crippen molar-refractivity contribution < 1.29 is 9.53 Å². The highest BCUT2D eigenvalue weighted by Crippen LogP contribution is 2.24. The number of carbonyl (C=O) groups is 1. The third-order valence-corrected chi connectivity index (χ3v) is 4.03. The Morgan fingerprint density at radius 3 is 2.81 bits per heavy atom. The summed E-state index contributed by atoms with van der Waals surface area (Å²) < 4.78 is 4.98. The molecule has 94 valence electrons. The van der Waals surface area contributed by atoms with Gasteiger partial charge in [0.25, 0.3) is 0 Å². The second kappa shape index (κ2) is 6.47. The molecule has 0 spiro atoms. The fourth-order valence-electron chi connectivity index (χ4n) is 1.44. The first-order valence-electron chi connectivity index (χ1n) is 5.73. The Balaban J connectivity index is 2.23. The van der Waals surface area contributed by atoms with Crippen LogP contribution in [0, 0.1) is 0 Å². The third-order valence-electron chi connectivity index (χ3n) is 2.67. The van der Waals surface area contributed by atoms with Gasteiger partial charge in [-0.15, -0.1) is 0 Å².